The molecule has 0 aromatic rings. The van der Waals surface area contributed by atoms with E-state index in [9.17, 15) is 5.11 Å². The van der Waals surface area contributed by atoms with Crippen LogP contribution in [0.25, 0.3) is 0 Å². The minimum Gasteiger partial charge on any atom is -0.387 e. The summed E-state index contributed by atoms with van der Waals surface area (Å²) < 4.78 is 0. The Bertz CT molecular complexity index is 206. The van der Waals surface area contributed by atoms with Crippen molar-refractivity contribution in [1.82, 2.24) is 9.80 Å². The number of rotatable bonds is 2. The van der Waals surface area contributed by atoms with E-state index in [2.05, 4.69) is 44.5 Å². The summed E-state index contributed by atoms with van der Waals surface area (Å²) in [7, 11) is 2.09. The lowest BCUT2D eigenvalue weighted by atomic mass is 9.89. The first kappa shape index (κ1) is 12.9. The van der Waals surface area contributed by atoms with E-state index in [1.807, 2.05) is 0 Å². The smallest absolute Gasteiger partial charge is 0.0922 e. The zero-order valence-electron chi connectivity index (χ0n) is 10.8. The zero-order chi connectivity index (χ0) is 11.6. The highest BCUT2D eigenvalue weighted by atomic mass is 16.3. The highest BCUT2D eigenvalue weighted by molar-refractivity contribution is 4.91. The molecular weight excluding hydrogens is 188 g/mol. The standard InChI is InChI=1S/C12H26N2O/c1-10(2)12(15)8-13(5)6-7-14(9-12)11(3)4/h10-11,15H,6-9H2,1-5H3. The lowest BCUT2D eigenvalue weighted by Crippen LogP contribution is -2.51. The second kappa shape index (κ2) is 4.81. The third-order valence-corrected chi connectivity index (χ3v) is 3.59. The molecule has 3 nitrogen and oxygen atoms in total. The summed E-state index contributed by atoms with van der Waals surface area (Å²) >= 11 is 0. The molecule has 1 heterocycles. The first-order valence-corrected chi connectivity index (χ1v) is 6.00. The van der Waals surface area contributed by atoms with Crippen LogP contribution in [0.5, 0.6) is 0 Å². The van der Waals surface area contributed by atoms with E-state index in [4.69, 9.17) is 0 Å². The van der Waals surface area contributed by atoms with Gasteiger partial charge in [0.05, 0.1) is 5.60 Å². The molecule has 0 aromatic carbocycles. The van der Waals surface area contributed by atoms with E-state index in [0.29, 0.717) is 12.0 Å². The maximum Gasteiger partial charge on any atom is 0.0922 e. The van der Waals surface area contributed by atoms with Gasteiger partial charge in [-0.25, -0.2) is 0 Å². The summed E-state index contributed by atoms with van der Waals surface area (Å²) in [5.41, 5.74) is -0.560. The van der Waals surface area contributed by atoms with Crippen LogP contribution in [0.3, 0.4) is 0 Å². The molecule has 1 fully saturated rings. The average molecular weight is 214 g/mol. The highest BCUT2D eigenvalue weighted by Gasteiger charge is 2.37. The lowest BCUT2D eigenvalue weighted by Gasteiger charge is -2.37. The Morgan fingerprint density at radius 2 is 1.67 bits per heavy atom. The number of aliphatic hydroxyl groups is 1. The lowest BCUT2D eigenvalue weighted by molar-refractivity contribution is -0.0414. The van der Waals surface area contributed by atoms with Crippen molar-refractivity contribution >= 4 is 0 Å². The van der Waals surface area contributed by atoms with E-state index in [0.717, 1.165) is 26.2 Å². The first-order chi connectivity index (χ1) is 6.85. The summed E-state index contributed by atoms with van der Waals surface area (Å²) in [5.74, 6) is 0.305. The fraction of sp³-hybridized carbons (Fsp3) is 1.00. The molecule has 0 radical (unpaired) electrons. The summed E-state index contributed by atoms with van der Waals surface area (Å²) in [6, 6.07) is 0.516. The molecule has 3 heteroatoms. The molecule has 90 valence electrons. The Kier molecular flexibility index (Phi) is 4.15. The van der Waals surface area contributed by atoms with Crippen LogP contribution in [0.4, 0.5) is 0 Å². The number of nitrogens with zero attached hydrogens (tertiary/aromatic N) is 2. The van der Waals surface area contributed by atoms with Crippen LogP contribution in [0.1, 0.15) is 27.7 Å². The van der Waals surface area contributed by atoms with Crippen LogP contribution in [0.2, 0.25) is 0 Å². The molecule has 1 aliphatic heterocycles. The van der Waals surface area contributed by atoms with Crippen LogP contribution in [0.15, 0.2) is 0 Å². The van der Waals surface area contributed by atoms with E-state index >= 15 is 0 Å². The van der Waals surface area contributed by atoms with Gasteiger partial charge in [-0.1, -0.05) is 13.8 Å². The topological polar surface area (TPSA) is 26.7 Å². The highest BCUT2D eigenvalue weighted by Crippen LogP contribution is 2.23. The maximum atomic E-state index is 10.6. The van der Waals surface area contributed by atoms with Gasteiger partial charge in [0.2, 0.25) is 0 Å². The minimum absolute atomic E-state index is 0.305. The van der Waals surface area contributed by atoms with Crippen molar-refractivity contribution in [2.24, 2.45) is 5.92 Å². The third kappa shape index (κ3) is 3.16. The number of hydrogen-bond donors (Lipinski definition) is 1. The summed E-state index contributed by atoms with van der Waals surface area (Å²) in [4.78, 5) is 4.62. The Hall–Kier alpha value is -0.120. The molecule has 1 aliphatic rings. The predicted molar refractivity (Wildman–Crippen MR) is 64.0 cm³/mol. The van der Waals surface area contributed by atoms with Gasteiger partial charge in [0.15, 0.2) is 0 Å². The average Bonchev–Trinajstić information content (AvgIpc) is 2.25. The van der Waals surface area contributed by atoms with Gasteiger partial charge in [0.25, 0.3) is 0 Å². The monoisotopic (exact) mass is 214 g/mol. The van der Waals surface area contributed by atoms with Crippen LogP contribution >= 0.6 is 0 Å². The molecule has 1 N–H and O–H groups in total. The van der Waals surface area contributed by atoms with Crippen molar-refractivity contribution in [3.8, 4) is 0 Å². The molecule has 0 saturated carbocycles. The van der Waals surface area contributed by atoms with Crippen molar-refractivity contribution in [1.29, 1.82) is 0 Å². The van der Waals surface area contributed by atoms with Crippen molar-refractivity contribution in [3.05, 3.63) is 0 Å². The van der Waals surface area contributed by atoms with Crippen LogP contribution < -0.4 is 0 Å². The van der Waals surface area contributed by atoms with Crippen LogP contribution in [0, 0.1) is 5.92 Å². The first-order valence-electron chi connectivity index (χ1n) is 6.00. The van der Waals surface area contributed by atoms with E-state index in [1.165, 1.54) is 0 Å². The largest absolute Gasteiger partial charge is 0.387 e. The number of β-amino-alcohol motifs (C(OH)–C–C–N with tert-alkyl or cyclic N) is 1. The molecule has 1 saturated heterocycles. The molecule has 0 amide bonds. The van der Waals surface area contributed by atoms with Crippen LogP contribution in [-0.4, -0.2) is 59.8 Å². The zero-order valence-corrected chi connectivity index (χ0v) is 10.8. The van der Waals surface area contributed by atoms with Gasteiger partial charge in [-0.15, -0.1) is 0 Å². The second-order valence-electron chi connectivity index (χ2n) is 5.56. The Labute approximate surface area is 94.1 Å². The fourth-order valence-electron chi connectivity index (χ4n) is 2.13. The summed E-state index contributed by atoms with van der Waals surface area (Å²) in [5, 5.41) is 10.6. The van der Waals surface area contributed by atoms with Gasteiger partial charge in [0.1, 0.15) is 0 Å². The van der Waals surface area contributed by atoms with Crippen LogP contribution in [-0.2, 0) is 0 Å². The summed E-state index contributed by atoms with van der Waals surface area (Å²) in [6.45, 7) is 12.3. The van der Waals surface area contributed by atoms with Crippen molar-refractivity contribution < 1.29 is 5.11 Å². The number of hydrogen-bond acceptors (Lipinski definition) is 3. The normalized spacial score (nSPS) is 31.2. The van der Waals surface area contributed by atoms with Crippen molar-refractivity contribution in [2.75, 3.05) is 33.2 Å². The maximum absolute atomic E-state index is 10.6. The number of likely N-dealkylation sites (N-methyl/N-ethyl adjacent to an activating group) is 1. The molecular formula is C12H26N2O. The molecule has 0 aromatic heterocycles. The van der Waals surface area contributed by atoms with E-state index in [1.54, 1.807) is 0 Å². The predicted octanol–water partition coefficient (Wildman–Crippen LogP) is 1.03. The molecule has 1 atom stereocenters. The van der Waals surface area contributed by atoms with Gasteiger partial charge >= 0.3 is 0 Å². The molecule has 1 unspecified atom stereocenters. The molecule has 15 heavy (non-hydrogen) atoms. The van der Waals surface area contributed by atoms with E-state index in [-0.39, 0.29) is 0 Å². The Morgan fingerprint density at radius 1 is 1.07 bits per heavy atom. The van der Waals surface area contributed by atoms with Gasteiger partial charge in [-0.05, 0) is 26.8 Å². The molecule has 1 rings (SSSR count). The third-order valence-electron chi connectivity index (χ3n) is 3.59. The van der Waals surface area contributed by atoms with Crippen molar-refractivity contribution in [3.63, 3.8) is 0 Å². The molecule has 0 bridgehead atoms. The second-order valence-corrected chi connectivity index (χ2v) is 5.56. The molecule has 0 aliphatic carbocycles. The van der Waals surface area contributed by atoms with Crippen molar-refractivity contribution in [2.45, 2.75) is 39.3 Å². The fourth-order valence-corrected chi connectivity index (χ4v) is 2.13. The Balaban J connectivity index is 2.78. The van der Waals surface area contributed by atoms with Gasteiger partial charge in [-0.3, -0.25) is 4.90 Å². The minimum atomic E-state index is -0.560. The van der Waals surface area contributed by atoms with Gasteiger partial charge < -0.3 is 10.0 Å². The van der Waals surface area contributed by atoms with Gasteiger partial charge in [-0.2, -0.15) is 0 Å². The van der Waals surface area contributed by atoms with E-state index < -0.39 is 5.60 Å². The summed E-state index contributed by atoms with van der Waals surface area (Å²) in [6.07, 6.45) is 0. The molecule has 0 spiro atoms. The van der Waals surface area contributed by atoms with Gasteiger partial charge in [0, 0.05) is 32.2 Å². The quantitative estimate of drug-likeness (QED) is 0.744. The Morgan fingerprint density at radius 3 is 2.13 bits per heavy atom. The SMILES string of the molecule is CC(C)N1CCN(C)CC(O)(C(C)C)C1.